The van der Waals surface area contributed by atoms with E-state index in [0.717, 1.165) is 33.4 Å². The van der Waals surface area contributed by atoms with E-state index >= 15 is 0 Å². The highest BCUT2D eigenvalue weighted by Gasteiger charge is 2.14. The average molecular weight is 334 g/mol. The highest BCUT2D eigenvalue weighted by atomic mass is 79.9. The second-order valence-electron chi connectivity index (χ2n) is 4.56. The lowest BCUT2D eigenvalue weighted by Gasteiger charge is -2.10. The highest BCUT2D eigenvalue weighted by molar-refractivity contribution is 9.10. The van der Waals surface area contributed by atoms with Gasteiger partial charge >= 0.3 is 0 Å². The van der Waals surface area contributed by atoms with E-state index in [4.69, 9.17) is 5.73 Å². The van der Waals surface area contributed by atoms with Crippen molar-refractivity contribution in [3.8, 4) is 5.69 Å². The van der Waals surface area contributed by atoms with Crippen molar-refractivity contribution in [1.82, 2.24) is 9.55 Å². The Bertz CT molecular complexity index is 795. The van der Waals surface area contributed by atoms with E-state index in [9.17, 15) is 4.39 Å². The monoisotopic (exact) mass is 333 g/mol. The maximum absolute atomic E-state index is 13.6. The Balaban J connectivity index is 2.37. The predicted molar refractivity (Wildman–Crippen MR) is 82.5 cm³/mol. The summed E-state index contributed by atoms with van der Waals surface area (Å²) < 4.78 is 16.3. The molecule has 102 valence electrons. The Morgan fingerprint density at radius 2 is 2.05 bits per heavy atom. The lowest BCUT2D eigenvalue weighted by atomic mass is 10.2. The van der Waals surface area contributed by atoms with Crippen LogP contribution in [0.4, 0.5) is 10.1 Å². The number of aryl methyl sites for hydroxylation is 1. The van der Waals surface area contributed by atoms with Gasteiger partial charge in [0.05, 0.1) is 16.7 Å². The van der Waals surface area contributed by atoms with Gasteiger partial charge < -0.3 is 5.73 Å². The highest BCUT2D eigenvalue weighted by Crippen LogP contribution is 2.29. The van der Waals surface area contributed by atoms with E-state index in [-0.39, 0.29) is 5.82 Å². The zero-order chi connectivity index (χ0) is 14.3. The molecule has 3 nitrogen and oxygen atoms in total. The summed E-state index contributed by atoms with van der Waals surface area (Å²) in [5.74, 6) is 0.597. The molecule has 1 aromatic heterocycles. The molecule has 20 heavy (non-hydrogen) atoms. The molecule has 0 atom stereocenters. The van der Waals surface area contributed by atoms with E-state index in [0.29, 0.717) is 5.69 Å². The maximum atomic E-state index is 13.6. The third kappa shape index (κ3) is 2.08. The van der Waals surface area contributed by atoms with E-state index in [1.807, 2.05) is 29.7 Å². The number of hydrogen-bond acceptors (Lipinski definition) is 2. The fourth-order valence-corrected chi connectivity index (χ4v) is 2.73. The molecule has 1 heterocycles. The van der Waals surface area contributed by atoms with Crippen molar-refractivity contribution in [2.24, 2.45) is 0 Å². The molecule has 0 aliphatic heterocycles. The van der Waals surface area contributed by atoms with E-state index in [1.54, 1.807) is 6.07 Å². The number of nitrogen functional groups attached to an aromatic ring is 1. The molecule has 0 amide bonds. The molecule has 0 spiro atoms. The summed E-state index contributed by atoms with van der Waals surface area (Å²) in [6, 6.07) is 10.2. The molecule has 5 heteroatoms. The number of hydrogen-bond donors (Lipinski definition) is 1. The van der Waals surface area contributed by atoms with Crippen molar-refractivity contribution in [1.29, 1.82) is 0 Å². The molecule has 0 bridgehead atoms. The van der Waals surface area contributed by atoms with Crippen LogP contribution in [-0.2, 0) is 6.42 Å². The number of halogens is 2. The molecule has 2 aromatic carbocycles. The van der Waals surface area contributed by atoms with Crippen LogP contribution < -0.4 is 5.73 Å². The van der Waals surface area contributed by atoms with Gasteiger partial charge in [0.1, 0.15) is 11.6 Å². The fraction of sp³-hybridized carbons (Fsp3) is 0.133. The zero-order valence-electron chi connectivity index (χ0n) is 10.9. The van der Waals surface area contributed by atoms with E-state index in [1.165, 1.54) is 12.1 Å². The SMILES string of the molecule is CCc1nc2cc(N)ccc2n1-c1cc(F)ccc1Br. The first kappa shape index (κ1) is 13.1. The average Bonchev–Trinajstić information content (AvgIpc) is 2.78. The molecule has 0 aliphatic carbocycles. The molecular weight excluding hydrogens is 321 g/mol. The third-order valence-electron chi connectivity index (χ3n) is 3.21. The largest absolute Gasteiger partial charge is 0.399 e. The molecule has 0 fully saturated rings. The van der Waals surface area contributed by atoms with Gasteiger partial charge in [-0.2, -0.15) is 0 Å². The van der Waals surface area contributed by atoms with Gasteiger partial charge in [-0.3, -0.25) is 4.57 Å². The molecule has 0 aliphatic rings. The number of aromatic nitrogens is 2. The first-order chi connectivity index (χ1) is 9.60. The van der Waals surface area contributed by atoms with Gasteiger partial charge in [-0.1, -0.05) is 6.92 Å². The normalized spacial score (nSPS) is 11.2. The second kappa shape index (κ2) is 4.90. The number of benzene rings is 2. The first-order valence-corrected chi connectivity index (χ1v) is 7.11. The Kier molecular flexibility index (Phi) is 3.22. The van der Waals surface area contributed by atoms with Crippen molar-refractivity contribution in [2.75, 3.05) is 5.73 Å². The third-order valence-corrected chi connectivity index (χ3v) is 3.88. The minimum absolute atomic E-state index is 0.275. The topological polar surface area (TPSA) is 43.8 Å². The summed E-state index contributed by atoms with van der Waals surface area (Å²) in [5, 5.41) is 0. The zero-order valence-corrected chi connectivity index (χ0v) is 12.5. The van der Waals surface area contributed by atoms with Crippen molar-refractivity contribution in [3.63, 3.8) is 0 Å². The first-order valence-electron chi connectivity index (χ1n) is 6.32. The summed E-state index contributed by atoms with van der Waals surface area (Å²) >= 11 is 3.48. The smallest absolute Gasteiger partial charge is 0.125 e. The van der Waals surface area contributed by atoms with Crippen LogP contribution in [0.1, 0.15) is 12.7 Å². The molecule has 3 aromatic rings. The van der Waals surface area contributed by atoms with Crippen LogP contribution >= 0.6 is 15.9 Å². The van der Waals surface area contributed by atoms with Crippen LogP contribution in [0.15, 0.2) is 40.9 Å². The van der Waals surface area contributed by atoms with Crippen LogP contribution in [0, 0.1) is 5.82 Å². The van der Waals surface area contributed by atoms with Gasteiger partial charge in [0, 0.05) is 16.6 Å². The molecule has 3 rings (SSSR count). The van der Waals surface area contributed by atoms with Crippen LogP contribution in [0.25, 0.3) is 16.7 Å². The lowest BCUT2D eigenvalue weighted by molar-refractivity contribution is 0.626. The molecule has 0 saturated heterocycles. The van der Waals surface area contributed by atoms with Gasteiger partial charge in [-0.25, -0.2) is 9.37 Å². The number of imidazole rings is 1. The number of nitrogens with zero attached hydrogens (tertiary/aromatic N) is 2. The lowest BCUT2D eigenvalue weighted by Crippen LogP contribution is -2.01. The summed E-state index contributed by atoms with van der Waals surface area (Å²) in [7, 11) is 0. The van der Waals surface area contributed by atoms with Gasteiger partial charge in [-0.15, -0.1) is 0 Å². The van der Waals surface area contributed by atoms with Gasteiger partial charge in [-0.05, 0) is 52.3 Å². The maximum Gasteiger partial charge on any atom is 0.125 e. The van der Waals surface area contributed by atoms with Crippen molar-refractivity contribution < 1.29 is 4.39 Å². The van der Waals surface area contributed by atoms with Gasteiger partial charge in [0.25, 0.3) is 0 Å². The van der Waals surface area contributed by atoms with Gasteiger partial charge in [0.15, 0.2) is 0 Å². The number of fused-ring (bicyclic) bond motifs is 1. The quantitative estimate of drug-likeness (QED) is 0.718. The Hall–Kier alpha value is -1.88. The minimum atomic E-state index is -0.275. The molecular formula is C15H13BrFN3. The summed E-state index contributed by atoms with van der Waals surface area (Å²) in [5.41, 5.74) is 8.95. The number of anilines is 1. The van der Waals surface area contributed by atoms with Crippen LogP contribution in [-0.4, -0.2) is 9.55 Å². The van der Waals surface area contributed by atoms with Crippen molar-refractivity contribution in [3.05, 3.63) is 52.5 Å². The summed E-state index contributed by atoms with van der Waals surface area (Å²) in [6.07, 6.45) is 0.748. The van der Waals surface area contributed by atoms with Crippen molar-refractivity contribution >= 4 is 32.7 Å². The van der Waals surface area contributed by atoms with E-state index in [2.05, 4.69) is 20.9 Å². The van der Waals surface area contributed by atoms with E-state index < -0.39 is 0 Å². The van der Waals surface area contributed by atoms with Crippen molar-refractivity contribution in [2.45, 2.75) is 13.3 Å². The molecule has 0 radical (unpaired) electrons. The Labute approximate surface area is 124 Å². The molecule has 2 N–H and O–H groups in total. The fourth-order valence-electron chi connectivity index (χ4n) is 2.31. The summed E-state index contributed by atoms with van der Waals surface area (Å²) in [6.45, 7) is 2.02. The number of rotatable bonds is 2. The van der Waals surface area contributed by atoms with Crippen LogP contribution in [0.2, 0.25) is 0 Å². The Morgan fingerprint density at radius 1 is 1.25 bits per heavy atom. The van der Waals surface area contributed by atoms with Crippen LogP contribution in [0.5, 0.6) is 0 Å². The van der Waals surface area contributed by atoms with Crippen LogP contribution in [0.3, 0.4) is 0 Å². The molecule has 0 saturated carbocycles. The Morgan fingerprint density at radius 3 is 2.80 bits per heavy atom. The van der Waals surface area contributed by atoms with Gasteiger partial charge in [0.2, 0.25) is 0 Å². The molecule has 0 unspecified atom stereocenters. The predicted octanol–water partition coefficient (Wildman–Crippen LogP) is 4.07. The summed E-state index contributed by atoms with van der Waals surface area (Å²) in [4.78, 5) is 4.58. The number of nitrogens with two attached hydrogens (primary N) is 1. The second-order valence-corrected chi connectivity index (χ2v) is 5.42. The minimum Gasteiger partial charge on any atom is -0.399 e. The standard InChI is InChI=1S/C15H13BrFN3/c1-2-15-19-12-8-10(18)4-6-13(12)20(15)14-7-9(17)3-5-11(14)16/h3-8H,2,18H2,1H3.